The predicted octanol–water partition coefficient (Wildman–Crippen LogP) is 1.35. The average Bonchev–Trinajstić information content (AvgIpc) is 3.04. The van der Waals surface area contributed by atoms with Crippen LogP contribution in [0.2, 0.25) is 0 Å². The summed E-state index contributed by atoms with van der Waals surface area (Å²) in [7, 11) is 0. The van der Waals surface area contributed by atoms with Crippen molar-refractivity contribution in [2.24, 2.45) is 5.92 Å². The van der Waals surface area contributed by atoms with Crippen molar-refractivity contribution >= 4 is 5.91 Å². The van der Waals surface area contributed by atoms with Crippen molar-refractivity contribution < 1.29 is 9.53 Å². The van der Waals surface area contributed by atoms with Crippen molar-refractivity contribution in [2.75, 3.05) is 52.5 Å². The molecule has 0 bridgehead atoms. The van der Waals surface area contributed by atoms with Gasteiger partial charge in [0.1, 0.15) is 0 Å². The summed E-state index contributed by atoms with van der Waals surface area (Å²) < 4.78 is 5.30. The van der Waals surface area contributed by atoms with Gasteiger partial charge in [-0.05, 0) is 30.9 Å². The summed E-state index contributed by atoms with van der Waals surface area (Å²) in [6.45, 7) is 7.88. The molecule has 132 valence electrons. The molecule has 0 aromatic heterocycles. The van der Waals surface area contributed by atoms with Gasteiger partial charge in [0.2, 0.25) is 5.91 Å². The van der Waals surface area contributed by atoms with E-state index in [9.17, 15) is 4.79 Å². The molecule has 24 heavy (non-hydrogen) atoms. The molecule has 2 aliphatic heterocycles. The van der Waals surface area contributed by atoms with E-state index in [4.69, 9.17) is 4.74 Å². The smallest absolute Gasteiger partial charge is 0.234 e. The molecule has 2 fully saturated rings. The molecule has 1 atom stereocenters. The Hall–Kier alpha value is -1.43. The van der Waals surface area contributed by atoms with Crippen molar-refractivity contribution in [3.8, 4) is 0 Å². The first-order valence-corrected chi connectivity index (χ1v) is 9.12. The number of likely N-dealkylation sites (tertiary alicyclic amines) is 1. The molecule has 0 aliphatic carbocycles. The molecule has 5 heteroatoms. The summed E-state index contributed by atoms with van der Waals surface area (Å²) in [4.78, 5) is 16.7. The van der Waals surface area contributed by atoms with Gasteiger partial charge in [-0.25, -0.2) is 0 Å². The third kappa shape index (κ3) is 5.58. The number of carbonyl (C=O) groups is 1. The lowest BCUT2D eigenvalue weighted by molar-refractivity contribution is -0.123. The first-order valence-electron chi connectivity index (χ1n) is 9.12. The van der Waals surface area contributed by atoms with E-state index in [2.05, 4.69) is 45.4 Å². The maximum atomic E-state index is 12.0. The maximum absolute atomic E-state index is 12.0. The van der Waals surface area contributed by atoms with E-state index in [1.807, 2.05) is 0 Å². The zero-order valence-corrected chi connectivity index (χ0v) is 14.5. The Kier molecular flexibility index (Phi) is 6.64. The van der Waals surface area contributed by atoms with Crippen LogP contribution in [0.5, 0.6) is 0 Å². The molecule has 2 saturated heterocycles. The zero-order chi connectivity index (χ0) is 16.6. The monoisotopic (exact) mass is 331 g/mol. The lowest BCUT2D eigenvalue weighted by Crippen LogP contribution is -2.43. The number of hydrogen-bond donors (Lipinski definition) is 1. The van der Waals surface area contributed by atoms with Gasteiger partial charge in [-0.1, -0.05) is 30.3 Å². The van der Waals surface area contributed by atoms with E-state index in [0.717, 1.165) is 52.4 Å². The van der Waals surface area contributed by atoms with Gasteiger partial charge in [-0.2, -0.15) is 0 Å². The van der Waals surface area contributed by atoms with E-state index in [1.165, 1.54) is 18.5 Å². The molecule has 0 radical (unpaired) electrons. The second-order valence-electron chi connectivity index (χ2n) is 6.90. The largest absolute Gasteiger partial charge is 0.379 e. The van der Waals surface area contributed by atoms with Crippen LogP contribution in [0.4, 0.5) is 0 Å². The quantitative estimate of drug-likeness (QED) is 0.819. The highest BCUT2D eigenvalue weighted by Gasteiger charge is 2.22. The van der Waals surface area contributed by atoms with Crippen LogP contribution in [0.15, 0.2) is 30.3 Å². The minimum absolute atomic E-state index is 0.149. The zero-order valence-electron chi connectivity index (χ0n) is 14.5. The first kappa shape index (κ1) is 17.4. The van der Waals surface area contributed by atoms with Gasteiger partial charge in [0.15, 0.2) is 0 Å². The van der Waals surface area contributed by atoms with Gasteiger partial charge >= 0.3 is 0 Å². The summed E-state index contributed by atoms with van der Waals surface area (Å²) in [6.07, 6.45) is 2.33. The van der Waals surface area contributed by atoms with Crippen LogP contribution >= 0.6 is 0 Å². The highest BCUT2D eigenvalue weighted by molar-refractivity contribution is 5.77. The number of amides is 1. The molecule has 1 aromatic carbocycles. The third-order valence-electron chi connectivity index (χ3n) is 4.96. The van der Waals surface area contributed by atoms with Crippen LogP contribution in [0, 0.1) is 5.92 Å². The fraction of sp³-hybridized carbons (Fsp3) is 0.632. The summed E-state index contributed by atoms with van der Waals surface area (Å²) in [5.74, 6) is 0.855. The van der Waals surface area contributed by atoms with Crippen molar-refractivity contribution in [3.05, 3.63) is 35.9 Å². The molecule has 1 aromatic rings. The minimum atomic E-state index is 0.149. The van der Waals surface area contributed by atoms with Crippen LogP contribution in [0.3, 0.4) is 0 Å². The molecule has 1 unspecified atom stereocenters. The number of benzene rings is 1. The van der Waals surface area contributed by atoms with Gasteiger partial charge in [0.05, 0.1) is 19.8 Å². The standard InChI is InChI=1S/C19H29N3O2/c23-19(16-21-10-12-24-13-11-21)20-8-6-18-7-9-22(15-18)14-17-4-2-1-3-5-17/h1-5,18H,6-16H2,(H,20,23). The second-order valence-corrected chi connectivity index (χ2v) is 6.90. The lowest BCUT2D eigenvalue weighted by Gasteiger charge is -2.25. The molecular formula is C19H29N3O2. The molecular weight excluding hydrogens is 302 g/mol. The molecule has 5 nitrogen and oxygen atoms in total. The lowest BCUT2D eigenvalue weighted by atomic mass is 10.1. The Morgan fingerprint density at radius 3 is 2.71 bits per heavy atom. The highest BCUT2D eigenvalue weighted by Crippen LogP contribution is 2.20. The van der Waals surface area contributed by atoms with Crippen molar-refractivity contribution in [1.82, 2.24) is 15.1 Å². The van der Waals surface area contributed by atoms with Crippen LogP contribution in [-0.4, -0.2) is 68.2 Å². The van der Waals surface area contributed by atoms with E-state index >= 15 is 0 Å². The molecule has 3 rings (SSSR count). The molecule has 0 spiro atoms. The van der Waals surface area contributed by atoms with E-state index in [1.54, 1.807) is 0 Å². The Bertz CT molecular complexity index is 503. The fourth-order valence-electron chi connectivity index (χ4n) is 3.57. The van der Waals surface area contributed by atoms with Crippen LogP contribution in [-0.2, 0) is 16.1 Å². The fourth-order valence-corrected chi connectivity index (χ4v) is 3.57. The van der Waals surface area contributed by atoms with Crippen LogP contribution in [0.1, 0.15) is 18.4 Å². The van der Waals surface area contributed by atoms with E-state index in [0.29, 0.717) is 12.5 Å². The summed E-state index contributed by atoms with van der Waals surface area (Å²) in [5, 5.41) is 3.08. The Labute approximate surface area is 145 Å². The normalized spacial score (nSPS) is 22.6. The molecule has 1 N–H and O–H groups in total. The van der Waals surface area contributed by atoms with Gasteiger partial charge in [0, 0.05) is 32.7 Å². The number of morpholine rings is 1. The van der Waals surface area contributed by atoms with Gasteiger partial charge < -0.3 is 10.1 Å². The van der Waals surface area contributed by atoms with Gasteiger partial charge in [-0.3, -0.25) is 14.6 Å². The first-order chi connectivity index (χ1) is 11.8. The van der Waals surface area contributed by atoms with Crippen molar-refractivity contribution in [3.63, 3.8) is 0 Å². The summed E-state index contributed by atoms with van der Waals surface area (Å²) in [5.41, 5.74) is 1.39. The van der Waals surface area contributed by atoms with Gasteiger partial charge in [-0.15, -0.1) is 0 Å². The Morgan fingerprint density at radius 2 is 1.92 bits per heavy atom. The van der Waals surface area contributed by atoms with Crippen LogP contribution < -0.4 is 5.32 Å². The molecule has 2 heterocycles. The average molecular weight is 331 g/mol. The Balaban J connectivity index is 1.29. The van der Waals surface area contributed by atoms with Crippen molar-refractivity contribution in [2.45, 2.75) is 19.4 Å². The van der Waals surface area contributed by atoms with Crippen LogP contribution in [0.25, 0.3) is 0 Å². The number of carbonyl (C=O) groups excluding carboxylic acids is 1. The third-order valence-corrected chi connectivity index (χ3v) is 4.96. The van der Waals surface area contributed by atoms with E-state index in [-0.39, 0.29) is 5.91 Å². The van der Waals surface area contributed by atoms with Crippen molar-refractivity contribution in [1.29, 1.82) is 0 Å². The number of nitrogens with one attached hydrogen (secondary N) is 1. The summed E-state index contributed by atoms with van der Waals surface area (Å²) >= 11 is 0. The minimum Gasteiger partial charge on any atom is -0.379 e. The maximum Gasteiger partial charge on any atom is 0.234 e. The topological polar surface area (TPSA) is 44.8 Å². The van der Waals surface area contributed by atoms with Gasteiger partial charge in [0.25, 0.3) is 0 Å². The molecule has 1 amide bonds. The summed E-state index contributed by atoms with van der Waals surface area (Å²) in [6, 6.07) is 10.7. The van der Waals surface area contributed by atoms with E-state index < -0.39 is 0 Å². The number of nitrogens with zero attached hydrogens (tertiary/aromatic N) is 2. The molecule has 0 saturated carbocycles. The number of rotatable bonds is 7. The Morgan fingerprint density at radius 1 is 1.12 bits per heavy atom. The number of ether oxygens (including phenoxy) is 1. The highest BCUT2D eigenvalue weighted by atomic mass is 16.5. The molecule has 2 aliphatic rings. The second kappa shape index (κ2) is 9.16. The predicted molar refractivity (Wildman–Crippen MR) is 94.7 cm³/mol. The number of hydrogen-bond acceptors (Lipinski definition) is 4. The SMILES string of the molecule is O=C(CN1CCOCC1)NCCC1CCN(Cc2ccccc2)C1.